The van der Waals surface area contributed by atoms with E-state index in [1.165, 1.54) is 0 Å². The molecule has 0 aliphatic heterocycles. The van der Waals surface area contributed by atoms with Gasteiger partial charge in [-0.1, -0.05) is 12.1 Å². The summed E-state index contributed by atoms with van der Waals surface area (Å²) in [5, 5.41) is 13.2. The third-order valence-electron chi connectivity index (χ3n) is 2.91. The van der Waals surface area contributed by atoms with Crippen LogP contribution in [-0.4, -0.2) is 11.7 Å². The molecular formula is C14H18N2O2. The highest BCUT2D eigenvalue weighted by atomic mass is 16.3. The van der Waals surface area contributed by atoms with E-state index in [4.69, 9.17) is 10.2 Å². The molecule has 1 aromatic carbocycles. The Morgan fingerprint density at radius 3 is 2.89 bits per heavy atom. The van der Waals surface area contributed by atoms with Crippen LogP contribution >= 0.6 is 0 Å². The molecule has 0 saturated carbocycles. The largest absolute Gasteiger partial charge is 0.468 e. The van der Waals surface area contributed by atoms with E-state index in [-0.39, 0.29) is 0 Å². The first-order valence-electron chi connectivity index (χ1n) is 5.94. The molecule has 2 rings (SSSR count). The number of anilines is 1. The van der Waals surface area contributed by atoms with Crippen molar-refractivity contribution in [3.05, 3.63) is 53.5 Å². The van der Waals surface area contributed by atoms with Crippen molar-refractivity contribution in [3.8, 4) is 0 Å². The quantitative estimate of drug-likeness (QED) is 0.706. The summed E-state index contributed by atoms with van der Waals surface area (Å²) in [5.74, 6) is 0.852. The molecule has 0 bridgehead atoms. The molecule has 0 aliphatic rings. The van der Waals surface area contributed by atoms with Crippen LogP contribution in [0.15, 0.2) is 41.0 Å². The number of furan rings is 1. The average Bonchev–Trinajstić information content (AvgIpc) is 2.85. The van der Waals surface area contributed by atoms with Crippen molar-refractivity contribution in [2.45, 2.75) is 19.6 Å². The first-order valence-corrected chi connectivity index (χ1v) is 5.94. The molecule has 1 heterocycles. The molecule has 4 N–H and O–H groups in total. The van der Waals surface area contributed by atoms with Gasteiger partial charge >= 0.3 is 0 Å². The highest BCUT2D eigenvalue weighted by Gasteiger charge is 2.08. The van der Waals surface area contributed by atoms with Crippen LogP contribution in [0.3, 0.4) is 0 Å². The minimum Gasteiger partial charge on any atom is -0.468 e. The second-order valence-electron chi connectivity index (χ2n) is 4.34. The first kappa shape index (κ1) is 12.7. The van der Waals surface area contributed by atoms with Crippen molar-refractivity contribution in [2.75, 3.05) is 12.3 Å². The van der Waals surface area contributed by atoms with E-state index in [2.05, 4.69) is 5.32 Å². The number of aliphatic hydroxyl groups excluding tert-OH is 1. The second kappa shape index (κ2) is 5.71. The first-order chi connectivity index (χ1) is 8.66. The molecule has 4 heteroatoms. The molecule has 1 aromatic heterocycles. The summed E-state index contributed by atoms with van der Waals surface area (Å²) in [4.78, 5) is 0. The van der Waals surface area contributed by atoms with Crippen LogP contribution in [0.1, 0.15) is 23.0 Å². The average molecular weight is 246 g/mol. The topological polar surface area (TPSA) is 71.4 Å². The number of aliphatic hydroxyl groups is 1. The number of benzene rings is 1. The van der Waals surface area contributed by atoms with Crippen molar-refractivity contribution in [1.29, 1.82) is 0 Å². The maximum absolute atomic E-state index is 10.0. The van der Waals surface area contributed by atoms with E-state index < -0.39 is 6.10 Å². The van der Waals surface area contributed by atoms with E-state index >= 15 is 0 Å². The molecule has 0 amide bonds. The number of nitrogen functional groups attached to an aromatic ring is 1. The predicted octanol–water partition coefficient (Wildman–Crippen LogP) is 1.99. The van der Waals surface area contributed by atoms with Gasteiger partial charge in [-0.3, -0.25) is 0 Å². The molecule has 1 unspecified atom stereocenters. The van der Waals surface area contributed by atoms with Crippen LogP contribution in [0.25, 0.3) is 0 Å². The maximum Gasteiger partial charge on any atom is 0.117 e. The van der Waals surface area contributed by atoms with E-state index in [9.17, 15) is 5.11 Å². The van der Waals surface area contributed by atoms with Gasteiger partial charge in [0.05, 0.1) is 18.9 Å². The highest BCUT2D eigenvalue weighted by molar-refractivity contribution is 5.48. The Morgan fingerprint density at radius 1 is 1.39 bits per heavy atom. The zero-order valence-electron chi connectivity index (χ0n) is 10.4. The van der Waals surface area contributed by atoms with Crippen molar-refractivity contribution in [2.24, 2.45) is 0 Å². The molecule has 0 aliphatic carbocycles. The summed E-state index contributed by atoms with van der Waals surface area (Å²) in [6.45, 7) is 3.01. The fourth-order valence-corrected chi connectivity index (χ4v) is 1.73. The zero-order valence-corrected chi connectivity index (χ0v) is 10.4. The molecule has 96 valence electrons. The fourth-order valence-electron chi connectivity index (χ4n) is 1.73. The van der Waals surface area contributed by atoms with Crippen molar-refractivity contribution >= 4 is 5.69 Å². The predicted molar refractivity (Wildman–Crippen MR) is 71.0 cm³/mol. The third-order valence-corrected chi connectivity index (χ3v) is 2.91. The fraction of sp³-hybridized carbons (Fsp3) is 0.286. The van der Waals surface area contributed by atoms with E-state index in [1.54, 1.807) is 6.26 Å². The zero-order chi connectivity index (χ0) is 13.0. The van der Waals surface area contributed by atoms with Crippen molar-refractivity contribution in [1.82, 2.24) is 5.32 Å². The van der Waals surface area contributed by atoms with Gasteiger partial charge < -0.3 is 20.6 Å². The molecule has 0 spiro atoms. The lowest BCUT2D eigenvalue weighted by Gasteiger charge is -2.13. The highest BCUT2D eigenvalue weighted by Crippen LogP contribution is 2.18. The van der Waals surface area contributed by atoms with E-state index in [0.717, 1.165) is 16.9 Å². The van der Waals surface area contributed by atoms with Gasteiger partial charge in [0.2, 0.25) is 0 Å². The number of nitrogens with one attached hydrogen (secondary N) is 1. The van der Waals surface area contributed by atoms with Gasteiger partial charge in [-0.15, -0.1) is 0 Å². The van der Waals surface area contributed by atoms with Crippen LogP contribution in [0.2, 0.25) is 0 Å². The summed E-state index contributed by atoms with van der Waals surface area (Å²) in [6.07, 6.45) is 1.07. The van der Waals surface area contributed by atoms with Gasteiger partial charge in [0, 0.05) is 12.2 Å². The summed E-state index contributed by atoms with van der Waals surface area (Å²) in [6, 6.07) is 9.36. The number of hydrogen-bond donors (Lipinski definition) is 3. The minimum absolute atomic E-state index is 0.462. The SMILES string of the molecule is Cc1ccc(C(O)CNCc2ccco2)cc1N. The lowest BCUT2D eigenvalue weighted by Crippen LogP contribution is -2.20. The van der Waals surface area contributed by atoms with E-state index in [0.29, 0.717) is 18.8 Å². The molecule has 4 nitrogen and oxygen atoms in total. The normalized spacial score (nSPS) is 12.6. The van der Waals surface area contributed by atoms with Crippen molar-refractivity contribution < 1.29 is 9.52 Å². The van der Waals surface area contributed by atoms with Crippen LogP contribution in [0.5, 0.6) is 0 Å². The smallest absolute Gasteiger partial charge is 0.117 e. The monoisotopic (exact) mass is 246 g/mol. The lowest BCUT2D eigenvalue weighted by molar-refractivity contribution is 0.173. The van der Waals surface area contributed by atoms with Gasteiger partial charge in [-0.2, -0.15) is 0 Å². The number of rotatable bonds is 5. The summed E-state index contributed by atoms with van der Waals surface area (Å²) >= 11 is 0. The Balaban J connectivity index is 1.87. The van der Waals surface area contributed by atoms with Gasteiger partial charge in [-0.05, 0) is 36.2 Å². The Labute approximate surface area is 106 Å². The molecule has 1 atom stereocenters. The standard InChI is InChI=1S/C14H18N2O2/c1-10-4-5-11(7-13(10)15)14(17)9-16-8-12-3-2-6-18-12/h2-7,14,16-17H,8-9,15H2,1H3. The Morgan fingerprint density at radius 2 is 2.22 bits per heavy atom. The summed E-state index contributed by atoms with van der Waals surface area (Å²) in [5.41, 5.74) is 8.37. The van der Waals surface area contributed by atoms with Gasteiger partial charge in [0.15, 0.2) is 0 Å². The Hall–Kier alpha value is -1.78. The molecule has 2 aromatic rings. The molecule has 18 heavy (non-hydrogen) atoms. The number of aryl methyl sites for hydroxylation is 1. The minimum atomic E-state index is -0.567. The van der Waals surface area contributed by atoms with Crippen LogP contribution in [0.4, 0.5) is 5.69 Å². The third kappa shape index (κ3) is 3.12. The number of hydrogen-bond acceptors (Lipinski definition) is 4. The summed E-state index contributed by atoms with van der Waals surface area (Å²) in [7, 11) is 0. The summed E-state index contributed by atoms with van der Waals surface area (Å²) < 4.78 is 5.19. The molecule has 0 saturated heterocycles. The van der Waals surface area contributed by atoms with Crippen LogP contribution in [-0.2, 0) is 6.54 Å². The van der Waals surface area contributed by atoms with Crippen LogP contribution < -0.4 is 11.1 Å². The molecule has 0 radical (unpaired) electrons. The van der Waals surface area contributed by atoms with Gasteiger partial charge in [-0.25, -0.2) is 0 Å². The lowest BCUT2D eigenvalue weighted by atomic mass is 10.1. The Kier molecular flexibility index (Phi) is 4.02. The van der Waals surface area contributed by atoms with Crippen LogP contribution in [0, 0.1) is 6.92 Å². The second-order valence-corrected chi connectivity index (χ2v) is 4.34. The van der Waals surface area contributed by atoms with Gasteiger partial charge in [0.25, 0.3) is 0 Å². The molecular weight excluding hydrogens is 228 g/mol. The van der Waals surface area contributed by atoms with Crippen molar-refractivity contribution in [3.63, 3.8) is 0 Å². The number of nitrogens with two attached hydrogens (primary N) is 1. The maximum atomic E-state index is 10.0. The Bertz CT molecular complexity index is 495. The van der Waals surface area contributed by atoms with Gasteiger partial charge in [0.1, 0.15) is 5.76 Å². The molecule has 0 fully saturated rings. The van der Waals surface area contributed by atoms with E-state index in [1.807, 2.05) is 37.3 Å².